The van der Waals surface area contributed by atoms with Gasteiger partial charge in [0.05, 0.1) is 19.5 Å². The number of aromatic nitrogens is 3. The lowest BCUT2D eigenvalue weighted by Crippen LogP contribution is -2.37. The van der Waals surface area contributed by atoms with E-state index in [2.05, 4.69) is 9.97 Å². The molecular formula is C16H20N4O3. The van der Waals surface area contributed by atoms with Gasteiger partial charge >= 0.3 is 0 Å². The van der Waals surface area contributed by atoms with Crippen molar-refractivity contribution >= 4 is 5.91 Å². The zero-order chi connectivity index (χ0) is 16.2. The fourth-order valence-electron chi connectivity index (χ4n) is 2.85. The molecule has 122 valence electrons. The van der Waals surface area contributed by atoms with Crippen LogP contribution in [0, 0.1) is 5.92 Å². The van der Waals surface area contributed by atoms with Crippen molar-refractivity contribution in [3.8, 4) is 0 Å². The summed E-state index contributed by atoms with van der Waals surface area (Å²) in [6, 6.07) is 5.18. The molecule has 0 aromatic carbocycles. The van der Waals surface area contributed by atoms with E-state index in [1.54, 1.807) is 0 Å². The minimum absolute atomic E-state index is 0.00636. The van der Waals surface area contributed by atoms with Crippen molar-refractivity contribution < 1.29 is 9.53 Å². The second-order valence-electron chi connectivity index (χ2n) is 5.80. The smallest absolute Gasteiger partial charge is 0.270 e. The standard InChI is InChI=1S/C16H20N4O3/c1-19-4-2-3-14(19)16(22)20-5-6-23-10-12(9-20)7-13-8-15(21)18-11-17-13/h2-4,8,11-12H,5-7,9-10H2,1H3,(H,17,18,21)/t12-/m1/s1. The summed E-state index contributed by atoms with van der Waals surface area (Å²) >= 11 is 0. The van der Waals surface area contributed by atoms with E-state index < -0.39 is 0 Å². The second kappa shape index (κ2) is 6.78. The molecule has 0 radical (unpaired) electrons. The highest BCUT2D eigenvalue weighted by molar-refractivity contribution is 5.92. The third-order valence-electron chi connectivity index (χ3n) is 4.02. The van der Waals surface area contributed by atoms with Crippen LogP contribution < -0.4 is 5.56 Å². The highest BCUT2D eigenvalue weighted by Gasteiger charge is 2.25. The van der Waals surface area contributed by atoms with Gasteiger partial charge in [-0.3, -0.25) is 9.59 Å². The average molecular weight is 316 g/mol. The molecule has 0 saturated carbocycles. The Hall–Kier alpha value is -2.41. The number of aromatic amines is 1. The van der Waals surface area contributed by atoms with E-state index in [1.165, 1.54) is 12.4 Å². The van der Waals surface area contributed by atoms with Gasteiger partial charge in [0.1, 0.15) is 5.69 Å². The Kier molecular flexibility index (Phi) is 4.57. The predicted molar refractivity (Wildman–Crippen MR) is 84.2 cm³/mol. The molecule has 1 fully saturated rings. The van der Waals surface area contributed by atoms with Crippen LogP contribution in [0.3, 0.4) is 0 Å². The van der Waals surface area contributed by atoms with Crippen molar-refractivity contribution in [3.05, 3.63) is 52.5 Å². The molecule has 23 heavy (non-hydrogen) atoms. The van der Waals surface area contributed by atoms with Gasteiger partial charge in [-0.15, -0.1) is 0 Å². The van der Waals surface area contributed by atoms with Gasteiger partial charge in [0.15, 0.2) is 0 Å². The van der Waals surface area contributed by atoms with Crippen molar-refractivity contribution in [3.63, 3.8) is 0 Å². The van der Waals surface area contributed by atoms with E-state index in [0.717, 1.165) is 5.69 Å². The molecule has 0 spiro atoms. The topological polar surface area (TPSA) is 80.2 Å². The zero-order valence-corrected chi connectivity index (χ0v) is 13.1. The molecule has 1 aliphatic heterocycles. The Morgan fingerprint density at radius 2 is 2.39 bits per heavy atom. The molecule has 1 saturated heterocycles. The van der Waals surface area contributed by atoms with Crippen molar-refractivity contribution in [2.45, 2.75) is 6.42 Å². The molecule has 2 aromatic rings. The van der Waals surface area contributed by atoms with Gasteiger partial charge in [-0.05, 0) is 18.6 Å². The van der Waals surface area contributed by atoms with Crippen LogP contribution in [0.1, 0.15) is 16.2 Å². The number of nitrogens with zero attached hydrogens (tertiary/aromatic N) is 3. The highest BCUT2D eigenvalue weighted by Crippen LogP contribution is 2.14. The first-order valence-electron chi connectivity index (χ1n) is 7.65. The van der Waals surface area contributed by atoms with Gasteiger partial charge in [0, 0.05) is 44.0 Å². The van der Waals surface area contributed by atoms with Crippen LogP contribution in [0.2, 0.25) is 0 Å². The predicted octanol–water partition coefficient (Wildman–Crippen LogP) is 0.440. The lowest BCUT2D eigenvalue weighted by Gasteiger charge is -2.23. The Balaban J connectivity index is 1.72. The Bertz CT molecular complexity index is 737. The fourth-order valence-corrected chi connectivity index (χ4v) is 2.85. The van der Waals surface area contributed by atoms with Gasteiger partial charge in [0.25, 0.3) is 11.5 Å². The largest absolute Gasteiger partial charge is 0.379 e. The lowest BCUT2D eigenvalue weighted by atomic mass is 10.0. The maximum absolute atomic E-state index is 12.7. The number of carbonyl (C=O) groups is 1. The summed E-state index contributed by atoms with van der Waals surface area (Å²) in [7, 11) is 1.86. The summed E-state index contributed by atoms with van der Waals surface area (Å²) in [5, 5.41) is 0. The molecule has 1 atom stereocenters. The minimum Gasteiger partial charge on any atom is -0.379 e. The average Bonchev–Trinajstić information content (AvgIpc) is 2.81. The van der Waals surface area contributed by atoms with Crippen LogP contribution in [0.15, 0.2) is 35.5 Å². The fraction of sp³-hybridized carbons (Fsp3) is 0.438. The first kappa shape index (κ1) is 15.5. The molecule has 1 amide bonds. The second-order valence-corrected chi connectivity index (χ2v) is 5.80. The van der Waals surface area contributed by atoms with Gasteiger partial charge in [-0.1, -0.05) is 0 Å². The van der Waals surface area contributed by atoms with Crippen molar-refractivity contribution in [1.29, 1.82) is 0 Å². The number of H-pyrrole nitrogens is 1. The number of rotatable bonds is 3. The summed E-state index contributed by atoms with van der Waals surface area (Å²) in [6.07, 6.45) is 3.88. The highest BCUT2D eigenvalue weighted by atomic mass is 16.5. The van der Waals surface area contributed by atoms with E-state index in [0.29, 0.717) is 38.4 Å². The van der Waals surface area contributed by atoms with Gasteiger partial charge in [-0.25, -0.2) is 4.98 Å². The lowest BCUT2D eigenvalue weighted by molar-refractivity contribution is 0.0728. The van der Waals surface area contributed by atoms with E-state index in [1.807, 2.05) is 34.8 Å². The number of carbonyl (C=O) groups excluding carboxylic acids is 1. The summed E-state index contributed by atoms with van der Waals surface area (Å²) in [6.45, 7) is 2.25. The molecule has 0 bridgehead atoms. The van der Waals surface area contributed by atoms with Crippen LogP contribution in [-0.4, -0.2) is 51.6 Å². The summed E-state index contributed by atoms with van der Waals surface area (Å²) in [5.74, 6) is 0.128. The van der Waals surface area contributed by atoms with Crippen LogP contribution >= 0.6 is 0 Å². The molecular weight excluding hydrogens is 296 g/mol. The number of nitrogens with one attached hydrogen (secondary N) is 1. The SMILES string of the molecule is Cn1cccc1C(=O)N1CCOC[C@H](Cc2cc(=O)[nH]cn2)C1. The minimum atomic E-state index is -0.165. The summed E-state index contributed by atoms with van der Waals surface area (Å²) in [5.41, 5.74) is 1.22. The van der Waals surface area contributed by atoms with Gasteiger partial charge < -0.3 is 19.2 Å². The van der Waals surface area contributed by atoms with E-state index in [-0.39, 0.29) is 17.4 Å². The molecule has 0 aliphatic carbocycles. The summed E-state index contributed by atoms with van der Waals surface area (Å²) in [4.78, 5) is 32.5. The Labute approximate surface area is 133 Å². The molecule has 3 heterocycles. The van der Waals surface area contributed by atoms with Crippen LogP contribution in [0.25, 0.3) is 0 Å². The van der Waals surface area contributed by atoms with E-state index in [9.17, 15) is 9.59 Å². The Morgan fingerprint density at radius 3 is 3.13 bits per heavy atom. The quantitative estimate of drug-likeness (QED) is 0.891. The van der Waals surface area contributed by atoms with Crippen LogP contribution in [-0.2, 0) is 18.2 Å². The molecule has 0 unspecified atom stereocenters. The third-order valence-corrected chi connectivity index (χ3v) is 4.02. The maximum Gasteiger partial charge on any atom is 0.270 e. The van der Waals surface area contributed by atoms with Gasteiger partial charge in [-0.2, -0.15) is 0 Å². The molecule has 7 nitrogen and oxygen atoms in total. The molecule has 1 aliphatic rings. The monoisotopic (exact) mass is 316 g/mol. The summed E-state index contributed by atoms with van der Waals surface area (Å²) < 4.78 is 7.44. The maximum atomic E-state index is 12.7. The number of amides is 1. The van der Waals surface area contributed by atoms with Crippen LogP contribution in [0.5, 0.6) is 0 Å². The van der Waals surface area contributed by atoms with E-state index >= 15 is 0 Å². The Morgan fingerprint density at radius 1 is 1.52 bits per heavy atom. The van der Waals surface area contributed by atoms with Gasteiger partial charge in [0.2, 0.25) is 0 Å². The molecule has 3 rings (SSSR count). The van der Waals surface area contributed by atoms with Crippen LogP contribution in [0.4, 0.5) is 0 Å². The number of hydrogen-bond acceptors (Lipinski definition) is 4. The number of ether oxygens (including phenoxy) is 1. The molecule has 2 aromatic heterocycles. The first-order valence-corrected chi connectivity index (χ1v) is 7.65. The van der Waals surface area contributed by atoms with Crippen molar-refractivity contribution in [2.24, 2.45) is 13.0 Å². The van der Waals surface area contributed by atoms with E-state index in [4.69, 9.17) is 4.74 Å². The molecule has 7 heteroatoms. The number of hydrogen-bond donors (Lipinski definition) is 1. The van der Waals surface area contributed by atoms with Crippen molar-refractivity contribution in [2.75, 3.05) is 26.3 Å². The zero-order valence-electron chi connectivity index (χ0n) is 13.1. The normalized spacial score (nSPS) is 18.7. The third kappa shape index (κ3) is 3.68. The molecule has 1 N–H and O–H groups in total. The number of aryl methyl sites for hydroxylation is 1. The first-order chi connectivity index (χ1) is 11.1. The van der Waals surface area contributed by atoms with Crippen molar-refractivity contribution in [1.82, 2.24) is 19.4 Å².